The standard InChI is InChI=1S/C22H18I2N4O5S2/c23-14-4-1-3-13(9-14)10-18(22(30)31)26-21(29)16-7-6-15(24)11-17(16)27-35(32,33)20-5-2-8-28-19(20)12-25-34-28/h1-9,11-12,18,25,27H,10H2,(H,26,29)(H,30,31)/t18-/m0/s1. The largest absolute Gasteiger partial charge is 0.480 e. The lowest BCUT2D eigenvalue weighted by molar-refractivity contribution is -0.139. The highest BCUT2D eigenvalue weighted by Crippen LogP contribution is 2.34. The molecule has 4 rings (SSSR count). The summed E-state index contributed by atoms with van der Waals surface area (Å²) in [6, 6.07) is 10.8. The van der Waals surface area contributed by atoms with Crippen molar-refractivity contribution >= 4 is 84.9 Å². The maximum Gasteiger partial charge on any atom is 0.326 e. The van der Waals surface area contributed by atoms with E-state index in [1.165, 1.54) is 30.3 Å². The Hall–Kier alpha value is -2.24. The zero-order chi connectivity index (χ0) is 25.2. The molecule has 1 atom stereocenters. The van der Waals surface area contributed by atoms with Gasteiger partial charge in [-0.2, -0.15) is 0 Å². The van der Waals surface area contributed by atoms with Gasteiger partial charge < -0.3 is 15.1 Å². The molecule has 0 spiro atoms. The molecule has 9 nitrogen and oxygen atoms in total. The van der Waals surface area contributed by atoms with E-state index in [9.17, 15) is 23.1 Å². The molecule has 0 aliphatic carbocycles. The Bertz CT molecular complexity index is 1390. The Kier molecular flexibility index (Phi) is 7.97. The van der Waals surface area contributed by atoms with Gasteiger partial charge in [-0.1, -0.05) is 12.1 Å². The molecule has 4 N–H and O–H groups in total. The molecule has 0 saturated carbocycles. The first-order valence-corrected chi connectivity index (χ1v) is 14.5. The van der Waals surface area contributed by atoms with E-state index in [-0.39, 0.29) is 22.6 Å². The number of halogens is 2. The van der Waals surface area contributed by atoms with Crippen LogP contribution in [0.4, 0.5) is 5.69 Å². The number of fused-ring (bicyclic) bond motifs is 1. The monoisotopic (exact) mass is 736 g/mol. The van der Waals surface area contributed by atoms with Crippen LogP contribution in [0.25, 0.3) is 0 Å². The summed E-state index contributed by atoms with van der Waals surface area (Å²) >= 11 is 5.36. The van der Waals surface area contributed by atoms with Crippen molar-refractivity contribution in [1.82, 2.24) is 14.3 Å². The molecule has 0 aromatic heterocycles. The van der Waals surface area contributed by atoms with Crippen molar-refractivity contribution in [3.05, 3.63) is 95.9 Å². The van der Waals surface area contributed by atoms with Crippen LogP contribution >= 0.6 is 57.3 Å². The Balaban J connectivity index is 1.59. The lowest BCUT2D eigenvalue weighted by Crippen LogP contribution is -2.42. The highest BCUT2D eigenvalue weighted by Gasteiger charge is 2.31. The van der Waals surface area contributed by atoms with Crippen molar-refractivity contribution in [2.24, 2.45) is 0 Å². The predicted octanol–water partition coefficient (Wildman–Crippen LogP) is 3.78. The number of carboxylic acids is 1. The van der Waals surface area contributed by atoms with Crippen LogP contribution in [0.2, 0.25) is 0 Å². The minimum atomic E-state index is -4.07. The maximum absolute atomic E-state index is 13.2. The van der Waals surface area contributed by atoms with Crippen molar-refractivity contribution in [2.75, 3.05) is 4.72 Å². The summed E-state index contributed by atoms with van der Waals surface area (Å²) in [5, 5.41) is 12.2. The Morgan fingerprint density at radius 2 is 1.91 bits per heavy atom. The minimum absolute atomic E-state index is 0.0135. The quantitative estimate of drug-likeness (QED) is 0.239. The summed E-state index contributed by atoms with van der Waals surface area (Å²) in [6.45, 7) is 0. The van der Waals surface area contributed by atoms with Gasteiger partial charge in [0, 0.05) is 26.0 Å². The van der Waals surface area contributed by atoms with Gasteiger partial charge in [-0.15, -0.1) is 0 Å². The van der Waals surface area contributed by atoms with Crippen LogP contribution in [0.1, 0.15) is 15.9 Å². The molecule has 0 bridgehead atoms. The first-order chi connectivity index (χ1) is 16.6. The van der Waals surface area contributed by atoms with Gasteiger partial charge in [-0.25, -0.2) is 13.2 Å². The number of nitrogens with zero attached hydrogens (tertiary/aromatic N) is 1. The maximum atomic E-state index is 13.2. The molecule has 2 aromatic carbocycles. The number of carbonyl (C=O) groups is 2. The molecule has 182 valence electrons. The molecule has 2 aliphatic heterocycles. The molecule has 35 heavy (non-hydrogen) atoms. The molecular weight excluding hydrogens is 718 g/mol. The Morgan fingerprint density at radius 1 is 1.14 bits per heavy atom. The number of amides is 1. The molecule has 2 aromatic rings. The van der Waals surface area contributed by atoms with Gasteiger partial charge in [0.05, 0.1) is 29.1 Å². The second kappa shape index (κ2) is 10.8. The minimum Gasteiger partial charge on any atom is -0.480 e. The number of rotatable bonds is 8. The van der Waals surface area contributed by atoms with Crippen LogP contribution in [0.5, 0.6) is 0 Å². The van der Waals surface area contributed by atoms with Gasteiger partial charge in [0.1, 0.15) is 10.9 Å². The molecule has 2 aliphatic rings. The summed E-state index contributed by atoms with van der Waals surface area (Å²) in [7, 11) is -4.07. The third-order valence-corrected chi connectivity index (χ3v) is 8.49. The van der Waals surface area contributed by atoms with E-state index in [0.717, 1.165) is 9.13 Å². The number of nitrogens with one attached hydrogen (secondary N) is 3. The van der Waals surface area contributed by atoms with Crippen LogP contribution < -0.4 is 14.8 Å². The number of allylic oxidation sites excluding steroid dienone is 2. The molecule has 0 fully saturated rings. The predicted molar refractivity (Wildman–Crippen MR) is 151 cm³/mol. The fourth-order valence-corrected chi connectivity index (χ4v) is 6.47. The normalized spacial score (nSPS) is 15.4. The fraction of sp³-hybridized carbons (Fsp3) is 0.0909. The van der Waals surface area contributed by atoms with E-state index in [1.54, 1.807) is 34.9 Å². The summed E-state index contributed by atoms with van der Waals surface area (Å²) in [6.07, 6.45) is 6.45. The van der Waals surface area contributed by atoms with Crippen molar-refractivity contribution < 1.29 is 23.1 Å². The number of aliphatic carboxylic acids is 1. The zero-order valence-corrected chi connectivity index (χ0v) is 23.7. The number of sulfonamides is 1. The van der Waals surface area contributed by atoms with E-state index in [1.807, 2.05) is 40.8 Å². The molecular formula is C22H18I2N4O5S2. The molecule has 1 amide bonds. The van der Waals surface area contributed by atoms with Crippen molar-refractivity contribution in [3.8, 4) is 0 Å². The van der Waals surface area contributed by atoms with Crippen LogP contribution in [0, 0.1) is 7.14 Å². The van der Waals surface area contributed by atoms with Crippen LogP contribution in [0.3, 0.4) is 0 Å². The number of hydrogen-bond acceptors (Lipinski definition) is 7. The highest BCUT2D eigenvalue weighted by atomic mass is 127. The van der Waals surface area contributed by atoms with Gasteiger partial charge >= 0.3 is 5.97 Å². The van der Waals surface area contributed by atoms with Gasteiger partial charge in [0.2, 0.25) is 0 Å². The number of carboxylic acid groups (broad SMARTS) is 1. The summed E-state index contributed by atoms with van der Waals surface area (Å²) < 4.78 is 35.2. The fourth-order valence-electron chi connectivity index (χ4n) is 3.40. The van der Waals surface area contributed by atoms with Gasteiger partial charge in [-0.3, -0.25) is 13.8 Å². The number of benzene rings is 2. The first kappa shape index (κ1) is 25.8. The van der Waals surface area contributed by atoms with Crippen LogP contribution in [0.15, 0.2) is 77.6 Å². The lowest BCUT2D eigenvalue weighted by atomic mass is 10.1. The summed E-state index contributed by atoms with van der Waals surface area (Å²) in [5.41, 5.74) is 1.27. The molecule has 13 heteroatoms. The first-order valence-electron chi connectivity index (χ1n) is 10.1. The van der Waals surface area contributed by atoms with Gasteiger partial charge in [-0.05, 0) is 93.2 Å². The van der Waals surface area contributed by atoms with Crippen molar-refractivity contribution in [3.63, 3.8) is 0 Å². The van der Waals surface area contributed by atoms with Gasteiger partial charge in [0.15, 0.2) is 0 Å². The van der Waals surface area contributed by atoms with E-state index in [0.29, 0.717) is 9.27 Å². The lowest BCUT2D eigenvalue weighted by Gasteiger charge is -2.21. The second-order valence-corrected chi connectivity index (χ2v) is 12.4. The summed E-state index contributed by atoms with van der Waals surface area (Å²) in [4.78, 5) is 25.0. The Morgan fingerprint density at radius 3 is 2.66 bits per heavy atom. The van der Waals surface area contributed by atoms with E-state index < -0.39 is 27.9 Å². The smallest absolute Gasteiger partial charge is 0.326 e. The third-order valence-electron chi connectivity index (χ3n) is 5.00. The van der Waals surface area contributed by atoms with E-state index >= 15 is 0 Å². The van der Waals surface area contributed by atoms with Crippen molar-refractivity contribution in [2.45, 2.75) is 12.5 Å². The molecule has 2 heterocycles. The highest BCUT2D eigenvalue weighted by molar-refractivity contribution is 14.1. The van der Waals surface area contributed by atoms with Crippen LogP contribution in [-0.2, 0) is 21.2 Å². The van der Waals surface area contributed by atoms with Gasteiger partial charge in [0.25, 0.3) is 15.9 Å². The SMILES string of the molecule is O=C(N[C@@H](Cc1cccc(I)c1)C(=O)O)c1ccc(I)cc1NS(=O)(=O)C1=CC=CN2SNC=C12. The molecule has 0 saturated heterocycles. The van der Waals surface area contributed by atoms with E-state index in [4.69, 9.17) is 0 Å². The number of anilines is 1. The summed E-state index contributed by atoms with van der Waals surface area (Å²) in [5.74, 6) is -1.89. The molecule has 0 radical (unpaired) electrons. The van der Waals surface area contributed by atoms with Crippen molar-refractivity contribution in [1.29, 1.82) is 0 Å². The number of hydrogen-bond donors (Lipinski definition) is 4. The van der Waals surface area contributed by atoms with E-state index in [2.05, 4.69) is 37.4 Å². The second-order valence-electron chi connectivity index (χ2n) is 7.43. The zero-order valence-electron chi connectivity index (χ0n) is 17.7. The Labute approximate surface area is 233 Å². The van der Waals surface area contributed by atoms with Crippen LogP contribution in [-0.4, -0.2) is 35.7 Å². The third kappa shape index (κ3) is 6.13. The average Bonchev–Trinajstić information content (AvgIpc) is 3.27. The number of carbonyl (C=O) groups excluding carboxylic acids is 1. The average molecular weight is 736 g/mol. The molecule has 0 unspecified atom stereocenters. The topological polar surface area (TPSA) is 128 Å².